The Morgan fingerprint density at radius 3 is 2.84 bits per heavy atom. The highest BCUT2D eigenvalue weighted by molar-refractivity contribution is 9.10. The monoisotopic (exact) mass is 517 g/mol. The van der Waals surface area contributed by atoms with E-state index >= 15 is 0 Å². The van der Waals surface area contributed by atoms with E-state index < -0.39 is 0 Å². The zero-order chi connectivity index (χ0) is 22.3. The van der Waals surface area contributed by atoms with Crippen LogP contribution in [0, 0.1) is 6.92 Å². The molecule has 5 rings (SSSR count). The second kappa shape index (κ2) is 8.38. The summed E-state index contributed by atoms with van der Waals surface area (Å²) in [5.74, 6) is 0.193. The van der Waals surface area contributed by atoms with E-state index in [2.05, 4.69) is 41.4 Å². The SMILES string of the molecule is COc1cnc(Br)cc1-c1cc(C)ncc1C(=O)Nc1nnc(O[C@H]2COC3(CC3)C2)s1. The van der Waals surface area contributed by atoms with Gasteiger partial charge in [-0.1, -0.05) is 5.10 Å². The largest absolute Gasteiger partial charge is 0.494 e. The van der Waals surface area contributed by atoms with Gasteiger partial charge in [-0.2, -0.15) is 0 Å². The first kappa shape index (κ1) is 21.2. The first-order chi connectivity index (χ1) is 15.4. The fraction of sp³-hybridized carbons (Fsp3) is 0.381. The summed E-state index contributed by atoms with van der Waals surface area (Å²) in [6, 6.07) is 3.64. The van der Waals surface area contributed by atoms with Crippen molar-refractivity contribution in [3.63, 3.8) is 0 Å². The number of nitrogens with zero attached hydrogens (tertiary/aromatic N) is 4. The number of hydrogen-bond donors (Lipinski definition) is 1. The molecule has 1 saturated heterocycles. The van der Waals surface area contributed by atoms with Crippen molar-refractivity contribution in [1.82, 2.24) is 20.2 Å². The van der Waals surface area contributed by atoms with Crippen LogP contribution in [0.4, 0.5) is 5.13 Å². The minimum atomic E-state index is -0.355. The summed E-state index contributed by atoms with van der Waals surface area (Å²) in [6.07, 6.45) is 6.17. The number of rotatable bonds is 6. The molecule has 0 aromatic carbocycles. The lowest BCUT2D eigenvalue weighted by molar-refractivity contribution is 0.0783. The van der Waals surface area contributed by atoms with Crippen LogP contribution < -0.4 is 14.8 Å². The van der Waals surface area contributed by atoms with Gasteiger partial charge in [0.1, 0.15) is 16.5 Å². The lowest BCUT2D eigenvalue weighted by Gasteiger charge is -2.13. The van der Waals surface area contributed by atoms with E-state index in [0.717, 1.165) is 30.5 Å². The van der Waals surface area contributed by atoms with Gasteiger partial charge in [0.2, 0.25) is 5.13 Å². The van der Waals surface area contributed by atoms with Gasteiger partial charge in [-0.3, -0.25) is 15.1 Å². The minimum Gasteiger partial charge on any atom is -0.494 e. The van der Waals surface area contributed by atoms with Crippen LogP contribution in [0.3, 0.4) is 0 Å². The smallest absolute Gasteiger partial charge is 0.296 e. The number of anilines is 1. The van der Waals surface area contributed by atoms with E-state index in [1.54, 1.807) is 19.4 Å². The summed E-state index contributed by atoms with van der Waals surface area (Å²) in [5, 5.41) is 11.7. The van der Waals surface area contributed by atoms with E-state index in [1.807, 2.05) is 13.0 Å². The number of halogens is 1. The van der Waals surface area contributed by atoms with Crippen LogP contribution in [0.25, 0.3) is 11.1 Å². The number of nitrogens with one attached hydrogen (secondary N) is 1. The van der Waals surface area contributed by atoms with E-state index in [-0.39, 0.29) is 17.6 Å². The predicted octanol–water partition coefficient (Wildman–Crippen LogP) is 4.03. The minimum absolute atomic E-state index is 0.0282. The lowest BCUT2D eigenvalue weighted by Crippen LogP contribution is -2.16. The molecule has 1 aliphatic carbocycles. The van der Waals surface area contributed by atoms with Gasteiger partial charge in [0.05, 0.1) is 31.1 Å². The zero-order valence-corrected chi connectivity index (χ0v) is 19.8. The number of hydrogen-bond acceptors (Lipinski definition) is 9. The first-order valence-corrected chi connectivity index (χ1v) is 11.7. The fourth-order valence-electron chi connectivity index (χ4n) is 3.74. The third kappa shape index (κ3) is 4.32. The molecule has 11 heteroatoms. The van der Waals surface area contributed by atoms with E-state index in [0.29, 0.717) is 38.4 Å². The summed E-state index contributed by atoms with van der Waals surface area (Å²) in [5.41, 5.74) is 2.58. The van der Waals surface area contributed by atoms with Gasteiger partial charge in [-0.15, -0.1) is 5.10 Å². The summed E-state index contributed by atoms with van der Waals surface area (Å²) in [7, 11) is 1.56. The van der Waals surface area contributed by atoms with Crippen LogP contribution in [0.5, 0.6) is 10.9 Å². The summed E-state index contributed by atoms with van der Waals surface area (Å²) >= 11 is 4.57. The number of ether oxygens (including phenoxy) is 3. The first-order valence-electron chi connectivity index (χ1n) is 10.1. The molecular formula is C21H20BrN5O4S. The molecule has 4 heterocycles. The Morgan fingerprint density at radius 1 is 1.25 bits per heavy atom. The van der Waals surface area contributed by atoms with Crippen LogP contribution in [-0.2, 0) is 4.74 Å². The Labute approximate surface area is 196 Å². The molecule has 1 saturated carbocycles. The Balaban J connectivity index is 1.35. The van der Waals surface area contributed by atoms with Crippen molar-refractivity contribution in [2.45, 2.75) is 37.9 Å². The number of aryl methyl sites for hydroxylation is 1. The number of amides is 1. The maximum absolute atomic E-state index is 13.1. The van der Waals surface area contributed by atoms with Crippen molar-refractivity contribution >= 4 is 38.3 Å². The maximum Gasteiger partial charge on any atom is 0.296 e. The number of carbonyl (C=O) groups is 1. The van der Waals surface area contributed by atoms with Crippen molar-refractivity contribution in [3.8, 4) is 22.1 Å². The van der Waals surface area contributed by atoms with Gasteiger partial charge in [0.25, 0.3) is 11.1 Å². The van der Waals surface area contributed by atoms with Crippen LogP contribution in [0.15, 0.2) is 29.1 Å². The molecule has 1 aliphatic heterocycles. The number of pyridine rings is 2. The van der Waals surface area contributed by atoms with Gasteiger partial charge in [0, 0.05) is 29.4 Å². The van der Waals surface area contributed by atoms with E-state index in [1.165, 1.54) is 17.5 Å². The van der Waals surface area contributed by atoms with Crippen molar-refractivity contribution in [3.05, 3.63) is 40.4 Å². The Morgan fingerprint density at radius 2 is 2.09 bits per heavy atom. The Bertz CT molecular complexity index is 1180. The van der Waals surface area contributed by atoms with Gasteiger partial charge < -0.3 is 14.2 Å². The van der Waals surface area contributed by atoms with E-state index in [4.69, 9.17) is 14.2 Å². The summed E-state index contributed by atoms with van der Waals surface area (Å²) < 4.78 is 17.8. The average Bonchev–Trinajstić information content (AvgIpc) is 3.20. The van der Waals surface area contributed by atoms with Gasteiger partial charge in [-0.05, 0) is 59.2 Å². The predicted molar refractivity (Wildman–Crippen MR) is 121 cm³/mol. The Kier molecular flexibility index (Phi) is 5.56. The summed E-state index contributed by atoms with van der Waals surface area (Å²) in [6.45, 7) is 2.42. The molecule has 1 atom stereocenters. The van der Waals surface area contributed by atoms with Crippen molar-refractivity contribution < 1.29 is 19.0 Å². The molecule has 1 N–H and O–H groups in total. The lowest BCUT2D eigenvalue weighted by atomic mass is 10.0. The highest BCUT2D eigenvalue weighted by Crippen LogP contribution is 2.48. The van der Waals surface area contributed by atoms with Gasteiger partial charge in [-0.25, -0.2) is 4.98 Å². The third-order valence-corrected chi connectivity index (χ3v) is 6.67. The Hall–Kier alpha value is -2.63. The van der Waals surface area contributed by atoms with Gasteiger partial charge in [0.15, 0.2) is 0 Å². The molecule has 3 aromatic rings. The van der Waals surface area contributed by atoms with Crippen LogP contribution in [0.1, 0.15) is 35.3 Å². The van der Waals surface area contributed by atoms with Crippen molar-refractivity contribution in [1.29, 1.82) is 0 Å². The molecule has 1 amide bonds. The second-order valence-corrected chi connectivity index (χ2v) is 9.60. The van der Waals surface area contributed by atoms with Crippen LogP contribution >= 0.6 is 27.3 Å². The molecule has 9 nitrogen and oxygen atoms in total. The fourth-order valence-corrected chi connectivity index (χ4v) is 4.72. The number of methoxy groups -OCH3 is 1. The third-order valence-electron chi connectivity index (χ3n) is 5.51. The molecule has 2 aliphatic rings. The second-order valence-electron chi connectivity index (χ2n) is 7.84. The van der Waals surface area contributed by atoms with Crippen LogP contribution in [-0.4, -0.2) is 51.5 Å². The average molecular weight is 518 g/mol. The van der Waals surface area contributed by atoms with Crippen molar-refractivity contribution in [2.75, 3.05) is 19.0 Å². The van der Waals surface area contributed by atoms with E-state index in [9.17, 15) is 4.79 Å². The number of aromatic nitrogens is 4. The highest BCUT2D eigenvalue weighted by Gasteiger charge is 2.51. The zero-order valence-electron chi connectivity index (χ0n) is 17.4. The van der Waals surface area contributed by atoms with Gasteiger partial charge >= 0.3 is 0 Å². The quantitative estimate of drug-likeness (QED) is 0.488. The normalized spacial score (nSPS) is 18.5. The topological polar surface area (TPSA) is 108 Å². The molecule has 3 aromatic heterocycles. The summed E-state index contributed by atoms with van der Waals surface area (Å²) in [4.78, 5) is 21.6. The molecular weight excluding hydrogens is 498 g/mol. The molecule has 1 spiro atoms. The molecule has 32 heavy (non-hydrogen) atoms. The molecule has 0 radical (unpaired) electrons. The molecule has 2 fully saturated rings. The number of carbonyl (C=O) groups excluding carboxylic acids is 1. The highest BCUT2D eigenvalue weighted by atomic mass is 79.9. The molecule has 0 bridgehead atoms. The maximum atomic E-state index is 13.1. The van der Waals surface area contributed by atoms with Crippen molar-refractivity contribution in [2.24, 2.45) is 0 Å². The standard InChI is InChI=1S/C21H20BrN5O4S/c1-11-5-13(14-6-17(22)24-9-16(14)29-2)15(8-23-11)18(28)25-19-26-27-20(32-19)31-12-7-21(3-4-21)30-10-12/h5-6,8-9,12H,3-4,7,10H2,1-2H3,(H,25,26,28)/t12-/m1/s1. The molecule has 0 unspecified atom stereocenters. The van der Waals surface area contributed by atoms with Crippen LogP contribution in [0.2, 0.25) is 0 Å². The molecule has 166 valence electrons.